The van der Waals surface area contributed by atoms with Crippen molar-refractivity contribution in [2.75, 3.05) is 13.1 Å². The molecule has 0 amide bonds. The predicted octanol–water partition coefficient (Wildman–Crippen LogP) is 2.50. The van der Waals surface area contributed by atoms with Gasteiger partial charge >= 0.3 is 0 Å². The topological polar surface area (TPSA) is 49.4 Å². The van der Waals surface area contributed by atoms with Crippen molar-refractivity contribution in [3.8, 4) is 0 Å². The van der Waals surface area contributed by atoms with Gasteiger partial charge in [-0.1, -0.05) is 19.4 Å². The molecule has 1 aliphatic heterocycles. The van der Waals surface area contributed by atoms with E-state index in [4.69, 9.17) is 0 Å². The number of sulfonamides is 1. The van der Waals surface area contributed by atoms with Gasteiger partial charge < -0.3 is 5.32 Å². The molecular weight excluding hydrogens is 291 g/mol. The molecule has 1 saturated heterocycles. The third-order valence-electron chi connectivity index (χ3n) is 3.92. The van der Waals surface area contributed by atoms with E-state index >= 15 is 0 Å². The van der Waals surface area contributed by atoms with Gasteiger partial charge in [0.1, 0.15) is 5.82 Å². The van der Waals surface area contributed by atoms with Gasteiger partial charge in [0.15, 0.2) is 0 Å². The van der Waals surface area contributed by atoms with Gasteiger partial charge in [0.25, 0.3) is 0 Å². The summed E-state index contributed by atoms with van der Waals surface area (Å²) in [6.07, 6.45) is 2.76. The highest BCUT2D eigenvalue weighted by molar-refractivity contribution is 7.89. The molecule has 0 bridgehead atoms. The maximum Gasteiger partial charge on any atom is 0.243 e. The van der Waals surface area contributed by atoms with Crippen LogP contribution in [0.1, 0.15) is 38.7 Å². The lowest BCUT2D eigenvalue weighted by atomic mass is 10.1. The zero-order valence-corrected chi connectivity index (χ0v) is 13.4. The van der Waals surface area contributed by atoms with Gasteiger partial charge in [-0.15, -0.1) is 0 Å². The van der Waals surface area contributed by atoms with Crippen LogP contribution >= 0.6 is 0 Å². The lowest BCUT2D eigenvalue weighted by Gasteiger charge is -2.32. The zero-order chi connectivity index (χ0) is 15.5. The zero-order valence-electron chi connectivity index (χ0n) is 12.6. The van der Waals surface area contributed by atoms with Crippen molar-refractivity contribution in [1.82, 2.24) is 9.62 Å². The Labute approximate surface area is 126 Å². The maximum atomic E-state index is 13.6. The molecule has 1 atom stereocenters. The third-order valence-corrected chi connectivity index (χ3v) is 6.02. The normalized spacial score (nSPS) is 20.6. The van der Waals surface area contributed by atoms with Crippen LogP contribution in [0, 0.1) is 5.82 Å². The SMILES string of the molecule is CCNCc1ccc(F)cc1S(=O)(=O)N1CCCCC1C. The molecule has 1 heterocycles. The number of hydrogen-bond donors (Lipinski definition) is 1. The first-order chi connectivity index (χ1) is 9.96. The highest BCUT2D eigenvalue weighted by Crippen LogP contribution is 2.27. The summed E-state index contributed by atoms with van der Waals surface area (Å²) in [7, 11) is -3.64. The highest BCUT2D eigenvalue weighted by atomic mass is 32.2. The molecule has 1 aromatic rings. The number of hydrogen-bond acceptors (Lipinski definition) is 3. The molecule has 0 saturated carbocycles. The van der Waals surface area contributed by atoms with Crippen molar-refractivity contribution in [2.24, 2.45) is 0 Å². The summed E-state index contributed by atoms with van der Waals surface area (Å²) in [4.78, 5) is 0.0946. The summed E-state index contributed by atoms with van der Waals surface area (Å²) in [5.41, 5.74) is 0.621. The van der Waals surface area contributed by atoms with Gasteiger partial charge in [0, 0.05) is 19.1 Å². The molecule has 1 aliphatic rings. The fourth-order valence-corrected chi connectivity index (χ4v) is 4.66. The molecule has 1 unspecified atom stereocenters. The molecule has 118 valence electrons. The first-order valence-corrected chi connectivity index (χ1v) is 8.91. The van der Waals surface area contributed by atoms with E-state index in [-0.39, 0.29) is 10.9 Å². The summed E-state index contributed by atoms with van der Waals surface area (Å²) in [6, 6.07) is 3.98. The standard InChI is InChI=1S/C15H23FN2O2S/c1-3-17-11-13-7-8-14(16)10-15(13)21(19,20)18-9-5-4-6-12(18)2/h7-8,10,12,17H,3-6,9,11H2,1-2H3. The summed E-state index contributed by atoms with van der Waals surface area (Å²) in [6.45, 7) is 5.54. The monoisotopic (exact) mass is 314 g/mol. The Bertz CT molecular complexity index is 589. The second-order valence-corrected chi connectivity index (χ2v) is 7.35. The molecule has 6 heteroatoms. The second kappa shape index (κ2) is 6.85. The van der Waals surface area contributed by atoms with Crippen LogP contribution in [-0.4, -0.2) is 31.9 Å². The number of piperidine rings is 1. The molecule has 1 N–H and O–H groups in total. The van der Waals surface area contributed by atoms with E-state index in [0.717, 1.165) is 31.9 Å². The fourth-order valence-electron chi connectivity index (χ4n) is 2.73. The van der Waals surface area contributed by atoms with Crippen LogP contribution in [0.3, 0.4) is 0 Å². The van der Waals surface area contributed by atoms with Crippen LogP contribution in [0.15, 0.2) is 23.1 Å². The number of rotatable bonds is 5. The number of nitrogens with zero attached hydrogens (tertiary/aromatic N) is 1. The van der Waals surface area contributed by atoms with E-state index in [0.29, 0.717) is 18.7 Å². The third kappa shape index (κ3) is 3.62. The molecule has 1 aromatic carbocycles. The van der Waals surface area contributed by atoms with Crippen molar-refractivity contribution >= 4 is 10.0 Å². The van der Waals surface area contributed by atoms with E-state index in [9.17, 15) is 12.8 Å². The van der Waals surface area contributed by atoms with Crippen LogP contribution in [0.25, 0.3) is 0 Å². The summed E-state index contributed by atoms with van der Waals surface area (Å²) in [5.74, 6) is -0.515. The molecule has 0 spiro atoms. The number of nitrogens with one attached hydrogen (secondary N) is 1. The smallest absolute Gasteiger partial charge is 0.243 e. The molecule has 0 aliphatic carbocycles. The summed E-state index contributed by atoms with van der Waals surface area (Å²) < 4.78 is 40.8. The minimum atomic E-state index is -3.64. The van der Waals surface area contributed by atoms with E-state index in [1.807, 2.05) is 13.8 Å². The van der Waals surface area contributed by atoms with Gasteiger partial charge in [0.05, 0.1) is 4.90 Å². The van der Waals surface area contributed by atoms with Crippen LogP contribution in [0.5, 0.6) is 0 Å². The van der Waals surface area contributed by atoms with E-state index in [1.54, 1.807) is 6.07 Å². The number of benzene rings is 1. The van der Waals surface area contributed by atoms with Crippen molar-refractivity contribution in [3.05, 3.63) is 29.6 Å². The van der Waals surface area contributed by atoms with E-state index in [2.05, 4.69) is 5.32 Å². The lowest BCUT2D eigenvalue weighted by Crippen LogP contribution is -2.42. The highest BCUT2D eigenvalue weighted by Gasteiger charge is 2.32. The second-order valence-electron chi connectivity index (χ2n) is 5.49. The molecule has 2 rings (SSSR count). The molecule has 4 nitrogen and oxygen atoms in total. The van der Waals surface area contributed by atoms with Gasteiger partial charge in [-0.3, -0.25) is 0 Å². The van der Waals surface area contributed by atoms with E-state index < -0.39 is 15.8 Å². The van der Waals surface area contributed by atoms with Crippen molar-refractivity contribution in [1.29, 1.82) is 0 Å². The van der Waals surface area contributed by atoms with Crippen molar-refractivity contribution in [2.45, 2.75) is 50.6 Å². The maximum absolute atomic E-state index is 13.6. The van der Waals surface area contributed by atoms with Gasteiger partial charge in [0.2, 0.25) is 10.0 Å². The Hall–Kier alpha value is -0.980. The van der Waals surface area contributed by atoms with Crippen LogP contribution in [0.2, 0.25) is 0 Å². The lowest BCUT2D eigenvalue weighted by molar-refractivity contribution is 0.268. The first-order valence-electron chi connectivity index (χ1n) is 7.47. The summed E-state index contributed by atoms with van der Waals surface area (Å²) >= 11 is 0. The fraction of sp³-hybridized carbons (Fsp3) is 0.600. The molecule has 0 aromatic heterocycles. The van der Waals surface area contributed by atoms with Crippen molar-refractivity contribution < 1.29 is 12.8 Å². The Balaban J connectivity index is 2.40. The Morgan fingerprint density at radius 3 is 2.81 bits per heavy atom. The Kier molecular flexibility index (Phi) is 5.35. The number of halogens is 1. The minimum Gasteiger partial charge on any atom is -0.313 e. The minimum absolute atomic E-state index is 0.0287. The van der Waals surface area contributed by atoms with Gasteiger partial charge in [-0.25, -0.2) is 12.8 Å². The Morgan fingerprint density at radius 2 is 2.14 bits per heavy atom. The average molecular weight is 314 g/mol. The van der Waals surface area contributed by atoms with Crippen LogP contribution < -0.4 is 5.32 Å². The van der Waals surface area contributed by atoms with Crippen molar-refractivity contribution in [3.63, 3.8) is 0 Å². The van der Waals surface area contributed by atoms with Crippen LogP contribution in [0.4, 0.5) is 4.39 Å². The molecule has 21 heavy (non-hydrogen) atoms. The average Bonchev–Trinajstić information content (AvgIpc) is 2.46. The summed E-state index contributed by atoms with van der Waals surface area (Å²) in [5, 5.41) is 3.11. The Morgan fingerprint density at radius 1 is 1.38 bits per heavy atom. The molecule has 0 radical (unpaired) electrons. The first kappa shape index (κ1) is 16.4. The van der Waals surface area contributed by atoms with Gasteiger partial charge in [-0.05, 0) is 44.0 Å². The van der Waals surface area contributed by atoms with Gasteiger partial charge in [-0.2, -0.15) is 4.31 Å². The molecular formula is C15H23FN2O2S. The molecule has 1 fully saturated rings. The van der Waals surface area contributed by atoms with E-state index in [1.165, 1.54) is 10.4 Å². The predicted molar refractivity (Wildman–Crippen MR) is 81.0 cm³/mol. The largest absolute Gasteiger partial charge is 0.313 e. The quantitative estimate of drug-likeness (QED) is 0.908. The van der Waals surface area contributed by atoms with Crippen LogP contribution in [-0.2, 0) is 16.6 Å².